The second kappa shape index (κ2) is 5.57. The van der Waals surface area contributed by atoms with Gasteiger partial charge in [-0.1, -0.05) is 12.1 Å². The van der Waals surface area contributed by atoms with Crippen LogP contribution in [-0.4, -0.2) is 17.8 Å². The maximum absolute atomic E-state index is 12.6. The van der Waals surface area contributed by atoms with Gasteiger partial charge < -0.3 is 0 Å². The van der Waals surface area contributed by atoms with Gasteiger partial charge in [0.15, 0.2) is 0 Å². The van der Waals surface area contributed by atoms with Crippen molar-refractivity contribution in [3.63, 3.8) is 0 Å². The van der Waals surface area contributed by atoms with Gasteiger partial charge in [-0.05, 0) is 53.1 Å². The van der Waals surface area contributed by atoms with Crippen LogP contribution in [0.2, 0.25) is 0 Å². The van der Waals surface area contributed by atoms with Crippen LogP contribution in [0.3, 0.4) is 0 Å². The number of rotatable bonds is 2. The Bertz CT molecular complexity index is 793. The Labute approximate surface area is 130 Å². The third-order valence-electron chi connectivity index (χ3n) is 3.22. The number of amides is 4. The van der Waals surface area contributed by atoms with Crippen molar-refractivity contribution in [3.8, 4) is 0 Å². The highest BCUT2D eigenvalue weighted by molar-refractivity contribution is 7.08. The molecule has 0 atom stereocenters. The van der Waals surface area contributed by atoms with Crippen molar-refractivity contribution in [3.05, 3.63) is 57.8 Å². The minimum Gasteiger partial charge on any atom is -0.273 e. The molecule has 0 radical (unpaired) electrons. The molecule has 1 aromatic carbocycles. The van der Waals surface area contributed by atoms with Crippen LogP contribution in [-0.2, 0) is 9.59 Å². The van der Waals surface area contributed by atoms with E-state index in [2.05, 4.69) is 5.32 Å². The maximum atomic E-state index is 12.6. The van der Waals surface area contributed by atoms with Crippen LogP contribution in [0, 0.1) is 6.92 Å². The number of benzene rings is 1. The quantitative estimate of drug-likeness (QED) is 0.685. The lowest BCUT2D eigenvalue weighted by molar-refractivity contribution is -0.122. The number of imide groups is 2. The smallest absolute Gasteiger partial charge is 0.273 e. The lowest BCUT2D eigenvalue weighted by atomic mass is 10.1. The molecule has 4 amide bonds. The molecule has 0 aliphatic carbocycles. The molecule has 1 saturated heterocycles. The summed E-state index contributed by atoms with van der Waals surface area (Å²) < 4.78 is 0. The summed E-state index contributed by atoms with van der Waals surface area (Å²) in [6.07, 6.45) is 1.49. The second-order valence-electron chi connectivity index (χ2n) is 4.85. The van der Waals surface area contributed by atoms with Gasteiger partial charge in [0.2, 0.25) is 0 Å². The number of hydrogen-bond acceptors (Lipinski definition) is 4. The molecule has 22 heavy (non-hydrogen) atoms. The summed E-state index contributed by atoms with van der Waals surface area (Å²) >= 11 is 1.46. The number of hydrogen-bond donors (Lipinski definition) is 1. The first-order chi connectivity index (χ1) is 10.6. The number of urea groups is 1. The number of carbonyl (C=O) groups excluding carboxylic acids is 3. The zero-order chi connectivity index (χ0) is 15.7. The topological polar surface area (TPSA) is 66.5 Å². The normalized spacial score (nSPS) is 17.0. The minimum absolute atomic E-state index is 0.0560. The van der Waals surface area contributed by atoms with Crippen molar-refractivity contribution in [2.75, 3.05) is 4.90 Å². The van der Waals surface area contributed by atoms with E-state index in [0.717, 1.165) is 16.0 Å². The molecule has 0 unspecified atom stereocenters. The van der Waals surface area contributed by atoms with Crippen molar-refractivity contribution in [1.82, 2.24) is 5.32 Å². The molecule has 5 nitrogen and oxygen atoms in total. The molecule has 1 aliphatic rings. The Morgan fingerprint density at radius 1 is 1.18 bits per heavy atom. The Morgan fingerprint density at radius 2 is 2.00 bits per heavy atom. The predicted molar refractivity (Wildman–Crippen MR) is 84.5 cm³/mol. The maximum Gasteiger partial charge on any atom is 0.335 e. The molecule has 1 aromatic heterocycles. The van der Waals surface area contributed by atoms with E-state index >= 15 is 0 Å². The summed E-state index contributed by atoms with van der Waals surface area (Å²) in [7, 11) is 0. The number of nitrogens with zero attached hydrogens (tertiary/aromatic N) is 1. The predicted octanol–water partition coefficient (Wildman–Crippen LogP) is 2.72. The lowest BCUT2D eigenvalue weighted by Crippen LogP contribution is -2.54. The summed E-state index contributed by atoms with van der Waals surface area (Å²) in [5.41, 5.74) is 2.05. The van der Waals surface area contributed by atoms with Gasteiger partial charge >= 0.3 is 6.03 Å². The van der Waals surface area contributed by atoms with Gasteiger partial charge in [0.25, 0.3) is 11.8 Å². The number of aryl methyl sites for hydroxylation is 1. The van der Waals surface area contributed by atoms with E-state index in [0.29, 0.717) is 5.69 Å². The van der Waals surface area contributed by atoms with E-state index in [1.807, 2.05) is 23.8 Å². The van der Waals surface area contributed by atoms with Gasteiger partial charge in [-0.25, -0.2) is 9.69 Å². The fraction of sp³-hybridized carbons (Fsp3) is 0.0625. The second-order valence-corrected chi connectivity index (χ2v) is 5.63. The third-order valence-corrected chi connectivity index (χ3v) is 3.92. The summed E-state index contributed by atoms with van der Waals surface area (Å²) in [6, 6.07) is 8.06. The lowest BCUT2D eigenvalue weighted by Gasteiger charge is -2.26. The van der Waals surface area contributed by atoms with Crippen LogP contribution in [0.15, 0.2) is 46.7 Å². The number of barbiturate groups is 1. The number of anilines is 1. The van der Waals surface area contributed by atoms with Crippen molar-refractivity contribution in [2.24, 2.45) is 0 Å². The average molecular weight is 312 g/mol. The van der Waals surface area contributed by atoms with Gasteiger partial charge in [-0.15, -0.1) is 0 Å². The van der Waals surface area contributed by atoms with Crippen LogP contribution in [0.25, 0.3) is 6.08 Å². The van der Waals surface area contributed by atoms with E-state index in [1.165, 1.54) is 17.4 Å². The third kappa shape index (κ3) is 2.56. The first-order valence-electron chi connectivity index (χ1n) is 6.56. The molecule has 0 bridgehead atoms. The molecular weight excluding hydrogens is 300 g/mol. The van der Waals surface area contributed by atoms with E-state index in [4.69, 9.17) is 0 Å². The number of carbonyl (C=O) groups is 3. The summed E-state index contributed by atoms with van der Waals surface area (Å²) in [4.78, 5) is 37.5. The van der Waals surface area contributed by atoms with Crippen molar-refractivity contribution < 1.29 is 14.4 Å². The molecule has 1 aliphatic heterocycles. The van der Waals surface area contributed by atoms with Crippen LogP contribution in [0.1, 0.15) is 11.1 Å². The van der Waals surface area contributed by atoms with Crippen LogP contribution in [0.4, 0.5) is 10.5 Å². The first kappa shape index (κ1) is 14.2. The van der Waals surface area contributed by atoms with E-state index in [1.54, 1.807) is 24.3 Å². The molecule has 0 spiro atoms. The average Bonchev–Trinajstić information content (AvgIpc) is 2.96. The van der Waals surface area contributed by atoms with Gasteiger partial charge in [0.1, 0.15) is 5.57 Å². The fourth-order valence-corrected chi connectivity index (χ4v) is 2.80. The van der Waals surface area contributed by atoms with E-state index < -0.39 is 17.8 Å². The van der Waals surface area contributed by atoms with Crippen LogP contribution < -0.4 is 10.2 Å². The van der Waals surface area contributed by atoms with Crippen molar-refractivity contribution in [2.45, 2.75) is 6.92 Å². The zero-order valence-electron chi connectivity index (χ0n) is 11.7. The van der Waals surface area contributed by atoms with E-state index in [-0.39, 0.29) is 5.57 Å². The van der Waals surface area contributed by atoms with Crippen molar-refractivity contribution in [1.29, 1.82) is 0 Å². The Morgan fingerprint density at radius 3 is 2.68 bits per heavy atom. The molecular formula is C16H12N2O3S. The SMILES string of the molecule is Cc1cccc(N2C(=O)NC(=O)C(=Cc3ccsc3)C2=O)c1. The summed E-state index contributed by atoms with van der Waals surface area (Å²) in [5, 5.41) is 5.87. The van der Waals surface area contributed by atoms with Crippen LogP contribution >= 0.6 is 11.3 Å². The molecule has 1 fully saturated rings. The Hall–Kier alpha value is -2.73. The van der Waals surface area contributed by atoms with Gasteiger partial charge in [0.05, 0.1) is 5.69 Å². The summed E-state index contributed by atoms with van der Waals surface area (Å²) in [6.45, 7) is 1.86. The molecule has 2 heterocycles. The van der Waals surface area contributed by atoms with Crippen LogP contribution in [0.5, 0.6) is 0 Å². The molecule has 6 heteroatoms. The fourth-order valence-electron chi connectivity index (χ4n) is 2.18. The highest BCUT2D eigenvalue weighted by Crippen LogP contribution is 2.23. The largest absolute Gasteiger partial charge is 0.335 e. The monoisotopic (exact) mass is 312 g/mol. The van der Waals surface area contributed by atoms with Gasteiger partial charge in [-0.2, -0.15) is 11.3 Å². The minimum atomic E-state index is -0.733. The zero-order valence-corrected chi connectivity index (χ0v) is 12.5. The number of nitrogens with one attached hydrogen (secondary N) is 1. The molecule has 1 N–H and O–H groups in total. The highest BCUT2D eigenvalue weighted by Gasteiger charge is 2.36. The number of thiophene rings is 1. The molecule has 3 rings (SSSR count). The standard InChI is InChI=1S/C16H12N2O3S/c1-10-3-2-4-12(7-10)18-15(20)13(14(19)17-16(18)21)8-11-5-6-22-9-11/h2-9H,1H3,(H,17,19,21). The highest BCUT2D eigenvalue weighted by atomic mass is 32.1. The Kier molecular flexibility index (Phi) is 3.60. The first-order valence-corrected chi connectivity index (χ1v) is 7.51. The molecule has 110 valence electrons. The van der Waals surface area contributed by atoms with Crippen molar-refractivity contribution >= 4 is 40.9 Å². The summed E-state index contributed by atoms with van der Waals surface area (Å²) in [5.74, 6) is -1.30. The molecule has 2 aromatic rings. The van der Waals surface area contributed by atoms with E-state index in [9.17, 15) is 14.4 Å². The Balaban J connectivity index is 2.03. The van der Waals surface area contributed by atoms with Gasteiger partial charge in [0, 0.05) is 0 Å². The van der Waals surface area contributed by atoms with Gasteiger partial charge in [-0.3, -0.25) is 14.9 Å². The molecule has 0 saturated carbocycles.